The summed E-state index contributed by atoms with van der Waals surface area (Å²) in [6.45, 7) is -0.701. The van der Waals surface area contributed by atoms with Gasteiger partial charge in [0.25, 0.3) is 0 Å². The second kappa shape index (κ2) is 5.01. The van der Waals surface area contributed by atoms with Crippen molar-refractivity contribution in [1.29, 1.82) is 0 Å². The van der Waals surface area contributed by atoms with Crippen LogP contribution in [0.1, 0.15) is 12.8 Å². The van der Waals surface area contributed by atoms with E-state index in [4.69, 9.17) is 5.11 Å². The fraction of sp³-hybridized carbons (Fsp3) is 0.889. The van der Waals surface area contributed by atoms with Crippen molar-refractivity contribution in [2.24, 2.45) is 11.8 Å². The lowest BCUT2D eigenvalue weighted by molar-refractivity contribution is -0.192. The third-order valence-corrected chi connectivity index (χ3v) is 2.56. The molecule has 0 saturated heterocycles. The van der Waals surface area contributed by atoms with Crippen LogP contribution >= 0.6 is 0 Å². The summed E-state index contributed by atoms with van der Waals surface area (Å²) in [5.74, 6) is -4.17. The van der Waals surface area contributed by atoms with Crippen LogP contribution in [0.2, 0.25) is 0 Å². The largest absolute Gasteiger partial charge is 0.481 e. The van der Waals surface area contributed by atoms with Crippen molar-refractivity contribution in [3.05, 3.63) is 0 Å². The molecule has 1 aliphatic carbocycles. The molecule has 0 aromatic rings. The number of aliphatic hydroxyl groups excluding tert-OH is 1. The summed E-state index contributed by atoms with van der Waals surface area (Å²) >= 11 is 0. The van der Waals surface area contributed by atoms with Crippen LogP contribution in [0, 0.1) is 11.8 Å². The highest BCUT2D eigenvalue weighted by Crippen LogP contribution is 2.32. The zero-order valence-corrected chi connectivity index (χ0v) is 8.50. The number of aliphatic hydroxyl groups is 1. The topological polar surface area (TPSA) is 69.6 Å². The van der Waals surface area contributed by atoms with Crippen LogP contribution in [0.15, 0.2) is 0 Å². The number of hydrogen-bond donors (Lipinski definition) is 3. The SMILES string of the molecule is O=C(O)C(CNCC(O)C1CC1)C(F)(F)F. The maximum absolute atomic E-state index is 12.2. The van der Waals surface area contributed by atoms with Gasteiger partial charge in [-0.2, -0.15) is 13.2 Å². The van der Waals surface area contributed by atoms with E-state index in [1.54, 1.807) is 0 Å². The molecule has 0 aromatic heterocycles. The van der Waals surface area contributed by atoms with Crippen LogP contribution in [0.3, 0.4) is 0 Å². The number of hydrogen-bond acceptors (Lipinski definition) is 3. The maximum atomic E-state index is 12.2. The van der Waals surface area contributed by atoms with Crippen molar-refractivity contribution in [1.82, 2.24) is 5.32 Å². The van der Waals surface area contributed by atoms with Crippen molar-refractivity contribution in [2.45, 2.75) is 25.1 Å². The molecular formula is C9H14F3NO3. The van der Waals surface area contributed by atoms with Crippen molar-refractivity contribution in [3.8, 4) is 0 Å². The molecule has 2 unspecified atom stereocenters. The lowest BCUT2D eigenvalue weighted by Gasteiger charge is -2.17. The van der Waals surface area contributed by atoms with Gasteiger partial charge in [-0.15, -0.1) is 0 Å². The standard InChI is InChI=1S/C9H14F3NO3/c10-9(11,12)6(8(15)16)3-13-4-7(14)5-1-2-5/h5-7,13-14H,1-4H2,(H,15,16). The molecule has 0 aromatic carbocycles. The van der Waals surface area contributed by atoms with Crippen LogP contribution in [0.4, 0.5) is 13.2 Å². The summed E-state index contributed by atoms with van der Waals surface area (Å²) in [6.07, 6.45) is -3.68. The zero-order valence-electron chi connectivity index (χ0n) is 8.50. The predicted octanol–water partition coefficient (Wildman–Crippen LogP) is 0.610. The number of carboxylic acids is 1. The summed E-state index contributed by atoms with van der Waals surface area (Å²) in [7, 11) is 0. The van der Waals surface area contributed by atoms with Gasteiger partial charge in [-0.25, -0.2) is 0 Å². The van der Waals surface area contributed by atoms with E-state index in [-0.39, 0.29) is 12.5 Å². The van der Waals surface area contributed by atoms with Crippen LogP contribution in [-0.2, 0) is 4.79 Å². The minimum Gasteiger partial charge on any atom is -0.481 e. The number of halogens is 3. The van der Waals surface area contributed by atoms with E-state index in [1.165, 1.54) is 0 Å². The van der Waals surface area contributed by atoms with Crippen LogP contribution < -0.4 is 5.32 Å². The van der Waals surface area contributed by atoms with Gasteiger partial charge >= 0.3 is 12.1 Å². The van der Waals surface area contributed by atoms with E-state index >= 15 is 0 Å². The molecule has 4 nitrogen and oxygen atoms in total. The van der Waals surface area contributed by atoms with Gasteiger partial charge in [0.15, 0.2) is 5.92 Å². The highest BCUT2D eigenvalue weighted by molar-refractivity contribution is 5.71. The summed E-state index contributed by atoms with van der Waals surface area (Å²) in [4.78, 5) is 10.3. The minimum absolute atomic E-state index is 0.00449. The normalized spacial score (nSPS) is 20.5. The first-order valence-corrected chi connectivity index (χ1v) is 5.00. The summed E-state index contributed by atoms with van der Waals surface area (Å²) in [5, 5.41) is 20.1. The second-order valence-corrected chi connectivity index (χ2v) is 4.00. The molecule has 0 spiro atoms. The Morgan fingerprint density at radius 2 is 1.94 bits per heavy atom. The van der Waals surface area contributed by atoms with E-state index < -0.39 is 30.7 Å². The monoisotopic (exact) mass is 241 g/mol. The van der Waals surface area contributed by atoms with Crippen LogP contribution in [0.25, 0.3) is 0 Å². The van der Waals surface area contributed by atoms with Crippen molar-refractivity contribution >= 4 is 5.97 Å². The van der Waals surface area contributed by atoms with Gasteiger partial charge in [-0.05, 0) is 18.8 Å². The Morgan fingerprint density at radius 3 is 2.31 bits per heavy atom. The highest BCUT2D eigenvalue weighted by Gasteiger charge is 2.44. The lowest BCUT2D eigenvalue weighted by Crippen LogP contribution is -2.41. The molecule has 0 heterocycles. The van der Waals surface area contributed by atoms with Crippen molar-refractivity contribution < 1.29 is 28.2 Å². The quantitative estimate of drug-likeness (QED) is 0.637. The summed E-state index contributed by atoms with van der Waals surface area (Å²) in [6, 6.07) is 0. The molecule has 0 amide bonds. The Kier molecular flexibility index (Phi) is 4.15. The fourth-order valence-electron chi connectivity index (χ4n) is 1.37. The lowest BCUT2D eigenvalue weighted by atomic mass is 10.1. The number of aliphatic carboxylic acids is 1. The van der Waals surface area contributed by atoms with E-state index in [0.717, 1.165) is 12.8 Å². The Morgan fingerprint density at radius 1 is 1.38 bits per heavy atom. The van der Waals surface area contributed by atoms with E-state index in [0.29, 0.717) is 0 Å². The predicted molar refractivity (Wildman–Crippen MR) is 48.8 cm³/mol. The molecular weight excluding hydrogens is 227 g/mol. The molecule has 94 valence electrons. The highest BCUT2D eigenvalue weighted by atomic mass is 19.4. The molecule has 7 heteroatoms. The number of carboxylic acid groups (broad SMARTS) is 1. The first kappa shape index (κ1) is 13.2. The Labute approximate surface area is 90.4 Å². The van der Waals surface area contributed by atoms with Crippen molar-refractivity contribution in [2.75, 3.05) is 13.1 Å². The molecule has 3 N–H and O–H groups in total. The van der Waals surface area contributed by atoms with Crippen molar-refractivity contribution in [3.63, 3.8) is 0 Å². The maximum Gasteiger partial charge on any atom is 0.403 e. The average molecular weight is 241 g/mol. The third kappa shape index (κ3) is 3.97. The Hall–Kier alpha value is -0.820. The molecule has 1 rings (SSSR count). The van der Waals surface area contributed by atoms with Gasteiger partial charge in [0, 0.05) is 13.1 Å². The molecule has 16 heavy (non-hydrogen) atoms. The third-order valence-electron chi connectivity index (χ3n) is 2.56. The van der Waals surface area contributed by atoms with Gasteiger partial charge in [-0.1, -0.05) is 0 Å². The second-order valence-electron chi connectivity index (χ2n) is 4.00. The van der Waals surface area contributed by atoms with E-state index in [9.17, 15) is 23.1 Å². The van der Waals surface area contributed by atoms with Gasteiger partial charge in [0.1, 0.15) is 0 Å². The molecule has 2 atom stereocenters. The van der Waals surface area contributed by atoms with Crippen LogP contribution in [0.5, 0.6) is 0 Å². The molecule has 0 bridgehead atoms. The fourth-order valence-corrected chi connectivity index (χ4v) is 1.37. The van der Waals surface area contributed by atoms with E-state index in [1.807, 2.05) is 0 Å². The minimum atomic E-state index is -4.76. The number of alkyl halides is 3. The molecule has 1 aliphatic rings. The molecule has 0 radical (unpaired) electrons. The first-order chi connectivity index (χ1) is 7.32. The average Bonchev–Trinajstić information content (AvgIpc) is 2.91. The Balaban J connectivity index is 2.29. The smallest absolute Gasteiger partial charge is 0.403 e. The number of rotatable bonds is 6. The van der Waals surface area contributed by atoms with Gasteiger partial charge in [0.2, 0.25) is 0 Å². The molecule has 0 aliphatic heterocycles. The molecule has 1 fully saturated rings. The van der Waals surface area contributed by atoms with Crippen LogP contribution in [-0.4, -0.2) is 41.6 Å². The Bertz CT molecular complexity index is 253. The summed E-state index contributed by atoms with van der Waals surface area (Å²) in [5.41, 5.74) is 0. The summed E-state index contributed by atoms with van der Waals surface area (Å²) < 4.78 is 36.5. The van der Waals surface area contributed by atoms with E-state index in [2.05, 4.69) is 5.32 Å². The molecule has 1 saturated carbocycles. The first-order valence-electron chi connectivity index (χ1n) is 5.00. The van der Waals surface area contributed by atoms with Gasteiger partial charge in [-0.3, -0.25) is 4.79 Å². The zero-order chi connectivity index (χ0) is 12.3. The number of nitrogens with one attached hydrogen (secondary N) is 1. The van der Waals surface area contributed by atoms with Gasteiger partial charge < -0.3 is 15.5 Å². The number of carbonyl (C=O) groups is 1. The van der Waals surface area contributed by atoms with Gasteiger partial charge in [0.05, 0.1) is 6.10 Å².